The number of nitrogens with one attached hydrogen (secondary N) is 1. The third kappa shape index (κ3) is 3.97. The zero-order valence-electron chi connectivity index (χ0n) is 13.3. The van der Waals surface area contributed by atoms with Gasteiger partial charge in [-0.15, -0.1) is 0 Å². The molecule has 3 rings (SSSR count). The van der Waals surface area contributed by atoms with Crippen LogP contribution in [0.15, 0.2) is 18.3 Å². The molecule has 2 aromatic rings. The molecule has 1 aliphatic rings. The van der Waals surface area contributed by atoms with Crippen LogP contribution in [0.25, 0.3) is 10.3 Å². The second kappa shape index (κ2) is 7.70. The van der Waals surface area contributed by atoms with Gasteiger partial charge in [0.15, 0.2) is 5.13 Å². The van der Waals surface area contributed by atoms with Gasteiger partial charge >= 0.3 is 0 Å². The zero-order chi connectivity index (χ0) is 16.1. The number of pyridine rings is 1. The highest BCUT2D eigenvalue weighted by Crippen LogP contribution is 2.30. The van der Waals surface area contributed by atoms with E-state index in [-0.39, 0.29) is 11.8 Å². The molecule has 1 N–H and O–H groups in total. The molecule has 0 saturated carbocycles. The van der Waals surface area contributed by atoms with Crippen molar-refractivity contribution in [2.75, 3.05) is 38.3 Å². The number of rotatable bonds is 6. The van der Waals surface area contributed by atoms with Crippen molar-refractivity contribution < 1.29 is 9.53 Å². The lowest BCUT2D eigenvalue weighted by Gasteiger charge is -2.31. The number of piperidine rings is 1. The van der Waals surface area contributed by atoms with Gasteiger partial charge in [-0.3, -0.25) is 4.79 Å². The molecule has 6 nitrogen and oxygen atoms in total. The maximum absolute atomic E-state index is 12.3. The molecule has 23 heavy (non-hydrogen) atoms. The van der Waals surface area contributed by atoms with Gasteiger partial charge in [0.2, 0.25) is 5.91 Å². The van der Waals surface area contributed by atoms with Gasteiger partial charge in [-0.25, -0.2) is 9.97 Å². The van der Waals surface area contributed by atoms with Gasteiger partial charge in [-0.1, -0.05) is 11.3 Å². The Labute approximate surface area is 139 Å². The lowest BCUT2D eigenvalue weighted by molar-refractivity contribution is -0.125. The molecule has 0 spiro atoms. The van der Waals surface area contributed by atoms with Crippen molar-refractivity contribution in [3.8, 4) is 0 Å². The number of anilines is 1. The average Bonchev–Trinajstić information content (AvgIpc) is 3.03. The number of hydrogen-bond donors (Lipinski definition) is 1. The van der Waals surface area contributed by atoms with Crippen molar-refractivity contribution in [1.29, 1.82) is 0 Å². The summed E-state index contributed by atoms with van der Waals surface area (Å²) in [5, 5.41) is 3.98. The largest absolute Gasteiger partial charge is 0.385 e. The van der Waals surface area contributed by atoms with E-state index in [9.17, 15) is 4.79 Å². The number of hydrogen-bond acceptors (Lipinski definition) is 6. The topological polar surface area (TPSA) is 67.3 Å². The van der Waals surface area contributed by atoms with Crippen LogP contribution in [0.5, 0.6) is 0 Å². The number of aromatic nitrogens is 2. The van der Waals surface area contributed by atoms with Crippen LogP contribution in [-0.2, 0) is 9.53 Å². The van der Waals surface area contributed by atoms with E-state index in [1.807, 2.05) is 12.1 Å². The summed E-state index contributed by atoms with van der Waals surface area (Å²) >= 11 is 1.60. The molecule has 0 aliphatic carbocycles. The average molecular weight is 334 g/mol. The molecule has 7 heteroatoms. The van der Waals surface area contributed by atoms with Gasteiger partial charge in [-0.05, 0) is 31.4 Å². The summed E-state index contributed by atoms with van der Waals surface area (Å²) < 4.78 is 5.00. The van der Waals surface area contributed by atoms with Crippen LogP contribution >= 0.6 is 11.3 Å². The standard InChI is InChI=1S/C16H22N4O2S/c1-22-10-4-8-17-14(21)12-5-3-9-20(11-12)16-19-13-6-2-7-18-15(13)23-16/h2,6-7,12H,3-5,8-11H2,1H3,(H,17,21)/t12-/m0/s1. The summed E-state index contributed by atoms with van der Waals surface area (Å²) in [5.41, 5.74) is 0.929. The summed E-state index contributed by atoms with van der Waals surface area (Å²) in [5.74, 6) is 0.177. The van der Waals surface area contributed by atoms with Crippen LogP contribution in [0.3, 0.4) is 0 Å². The Hall–Kier alpha value is -1.73. The quantitative estimate of drug-likeness (QED) is 0.819. The minimum atomic E-state index is 0.0336. The molecule has 0 bridgehead atoms. The number of carbonyl (C=O) groups is 1. The molecule has 2 aromatic heterocycles. The Balaban J connectivity index is 1.60. The molecule has 0 aromatic carbocycles. The first kappa shape index (κ1) is 16.1. The van der Waals surface area contributed by atoms with E-state index >= 15 is 0 Å². The van der Waals surface area contributed by atoms with E-state index < -0.39 is 0 Å². The van der Waals surface area contributed by atoms with Gasteiger partial charge in [0, 0.05) is 39.5 Å². The fourth-order valence-electron chi connectivity index (χ4n) is 2.83. The van der Waals surface area contributed by atoms with Crippen LogP contribution in [0.4, 0.5) is 5.13 Å². The van der Waals surface area contributed by atoms with Crippen molar-refractivity contribution in [2.45, 2.75) is 19.3 Å². The van der Waals surface area contributed by atoms with Crippen LogP contribution in [0.1, 0.15) is 19.3 Å². The second-order valence-electron chi connectivity index (χ2n) is 5.75. The number of nitrogens with zero attached hydrogens (tertiary/aromatic N) is 3. The number of thiazole rings is 1. The van der Waals surface area contributed by atoms with Gasteiger partial charge in [-0.2, -0.15) is 0 Å². The number of amides is 1. The summed E-state index contributed by atoms with van der Waals surface area (Å²) in [6.07, 6.45) is 4.59. The molecule has 0 unspecified atom stereocenters. The molecule has 1 atom stereocenters. The third-order valence-corrected chi connectivity index (χ3v) is 5.08. The third-order valence-electron chi connectivity index (χ3n) is 4.04. The highest BCUT2D eigenvalue weighted by molar-refractivity contribution is 7.21. The van der Waals surface area contributed by atoms with Gasteiger partial charge in [0.05, 0.1) is 5.92 Å². The lowest BCUT2D eigenvalue weighted by atomic mass is 9.97. The summed E-state index contributed by atoms with van der Waals surface area (Å²) in [4.78, 5) is 24.5. The maximum Gasteiger partial charge on any atom is 0.224 e. The van der Waals surface area contributed by atoms with Crippen LogP contribution in [-0.4, -0.2) is 49.2 Å². The lowest BCUT2D eigenvalue weighted by Crippen LogP contribution is -2.43. The molecular formula is C16H22N4O2S. The SMILES string of the molecule is COCCCNC(=O)[C@H]1CCCN(c2nc3cccnc3s2)C1. The zero-order valence-corrected chi connectivity index (χ0v) is 14.1. The molecule has 1 aliphatic heterocycles. The van der Waals surface area contributed by atoms with E-state index in [2.05, 4.69) is 20.2 Å². The molecule has 124 valence electrons. The molecular weight excluding hydrogens is 312 g/mol. The molecule has 1 fully saturated rings. The van der Waals surface area contributed by atoms with Crippen LogP contribution in [0, 0.1) is 5.92 Å². The summed E-state index contributed by atoms with van der Waals surface area (Å²) in [7, 11) is 1.67. The molecule has 1 amide bonds. The Morgan fingerprint density at radius 3 is 3.30 bits per heavy atom. The summed E-state index contributed by atoms with van der Waals surface area (Å²) in [6, 6.07) is 3.88. The molecule has 0 radical (unpaired) electrons. The van der Waals surface area contributed by atoms with Gasteiger partial charge < -0.3 is 15.0 Å². The first-order chi connectivity index (χ1) is 11.3. The first-order valence-electron chi connectivity index (χ1n) is 8.01. The fraction of sp³-hybridized carbons (Fsp3) is 0.562. The van der Waals surface area contributed by atoms with Crippen molar-refractivity contribution in [2.24, 2.45) is 5.92 Å². The van der Waals surface area contributed by atoms with E-state index in [1.54, 1.807) is 24.6 Å². The van der Waals surface area contributed by atoms with Crippen molar-refractivity contribution in [1.82, 2.24) is 15.3 Å². The highest BCUT2D eigenvalue weighted by atomic mass is 32.1. The van der Waals surface area contributed by atoms with E-state index in [4.69, 9.17) is 4.74 Å². The predicted octanol–water partition coefficient (Wildman–Crippen LogP) is 2.06. The number of ether oxygens (including phenoxy) is 1. The van der Waals surface area contributed by atoms with Crippen molar-refractivity contribution in [3.63, 3.8) is 0 Å². The number of methoxy groups -OCH3 is 1. The van der Waals surface area contributed by atoms with Gasteiger partial charge in [0.1, 0.15) is 10.3 Å². The Bertz CT molecular complexity index is 627. The van der Waals surface area contributed by atoms with Gasteiger partial charge in [0.25, 0.3) is 0 Å². The normalized spacial score (nSPS) is 18.3. The minimum Gasteiger partial charge on any atom is -0.385 e. The minimum absolute atomic E-state index is 0.0336. The second-order valence-corrected chi connectivity index (χ2v) is 6.70. The van der Waals surface area contributed by atoms with E-state index in [1.165, 1.54) is 0 Å². The van der Waals surface area contributed by atoms with Crippen molar-refractivity contribution in [3.05, 3.63) is 18.3 Å². The monoisotopic (exact) mass is 334 g/mol. The molecule has 1 saturated heterocycles. The fourth-order valence-corrected chi connectivity index (χ4v) is 3.77. The first-order valence-corrected chi connectivity index (χ1v) is 8.82. The maximum atomic E-state index is 12.3. The van der Waals surface area contributed by atoms with Crippen LogP contribution < -0.4 is 10.2 Å². The smallest absolute Gasteiger partial charge is 0.224 e. The van der Waals surface area contributed by atoms with Crippen LogP contribution in [0.2, 0.25) is 0 Å². The van der Waals surface area contributed by atoms with E-state index in [0.717, 1.165) is 47.8 Å². The Morgan fingerprint density at radius 1 is 1.57 bits per heavy atom. The Morgan fingerprint density at radius 2 is 2.48 bits per heavy atom. The van der Waals surface area contributed by atoms with E-state index in [0.29, 0.717) is 13.2 Å². The Kier molecular flexibility index (Phi) is 5.40. The number of fused-ring (bicyclic) bond motifs is 1. The predicted molar refractivity (Wildman–Crippen MR) is 91.9 cm³/mol. The number of carbonyl (C=O) groups excluding carboxylic acids is 1. The molecule has 3 heterocycles. The van der Waals surface area contributed by atoms with Crippen molar-refractivity contribution >= 4 is 32.7 Å². The summed E-state index contributed by atoms with van der Waals surface area (Å²) in [6.45, 7) is 3.03. The highest BCUT2D eigenvalue weighted by Gasteiger charge is 2.27.